The van der Waals surface area contributed by atoms with Gasteiger partial charge in [0.05, 0.1) is 11.3 Å². The summed E-state index contributed by atoms with van der Waals surface area (Å²) in [6.45, 7) is 8.54. The Morgan fingerprint density at radius 2 is 1.92 bits per heavy atom. The Balaban J connectivity index is 1.98. The molecule has 2 aliphatic carbocycles. The SMILES string of the molecule is CCON=C(CC)C1=C(O)CC(c2c(C)cc(C)c3c2CCC3)CC1=O. The normalized spacial score (nSPS) is 20.5. The predicted molar refractivity (Wildman–Crippen MR) is 104 cm³/mol. The van der Waals surface area contributed by atoms with Crippen molar-refractivity contribution in [1.82, 2.24) is 0 Å². The van der Waals surface area contributed by atoms with Crippen LogP contribution in [0.25, 0.3) is 0 Å². The van der Waals surface area contributed by atoms with Crippen molar-refractivity contribution >= 4 is 11.5 Å². The standard InChI is InChI=1S/C22H29NO3/c1-5-18(23-26-6-2)22-19(24)11-15(12-20(22)25)21-14(4)10-13(3)16-8-7-9-17(16)21/h10,15,24H,5-9,11-12H2,1-4H3. The largest absolute Gasteiger partial charge is 0.511 e. The lowest BCUT2D eigenvalue weighted by atomic mass is 9.77. The molecule has 1 aromatic rings. The Morgan fingerprint density at radius 1 is 1.19 bits per heavy atom. The van der Waals surface area contributed by atoms with Gasteiger partial charge in [0, 0.05) is 12.8 Å². The van der Waals surface area contributed by atoms with Gasteiger partial charge in [0.2, 0.25) is 0 Å². The molecule has 0 aliphatic heterocycles. The van der Waals surface area contributed by atoms with Crippen molar-refractivity contribution < 1.29 is 14.7 Å². The van der Waals surface area contributed by atoms with Crippen LogP contribution in [0.5, 0.6) is 0 Å². The highest BCUT2D eigenvalue weighted by molar-refractivity contribution is 6.23. The van der Waals surface area contributed by atoms with E-state index in [4.69, 9.17) is 4.84 Å². The number of ketones is 1. The van der Waals surface area contributed by atoms with Crippen molar-refractivity contribution in [2.75, 3.05) is 6.61 Å². The van der Waals surface area contributed by atoms with Crippen LogP contribution in [0.1, 0.15) is 73.3 Å². The van der Waals surface area contributed by atoms with Crippen LogP contribution in [0.3, 0.4) is 0 Å². The van der Waals surface area contributed by atoms with Gasteiger partial charge in [-0.1, -0.05) is 18.1 Å². The molecule has 1 atom stereocenters. The highest BCUT2D eigenvalue weighted by atomic mass is 16.6. The van der Waals surface area contributed by atoms with Gasteiger partial charge < -0.3 is 9.94 Å². The number of aliphatic hydroxyl groups is 1. The Bertz CT molecular complexity index is 789. The molecule has 26 heavy (non-hydrogen) atoms. The third-order valence-electron chi connectivity index (χ3n) is 5.65. The minimum atomic E-state index is -0.0224. The van der Waals surface area contributed by atoms with Crippen molar-refractivity contribution in [2.45, 2.75) is 72.1 Å². The van der Waals surface area contributed by atoms with E-state index < -0.39 is 0 Å². The summed E-state index contributed by atoms with van der Waals surface area (Å²) >= 11 is 0. The van der Waals surface area contributed by atoms with Gasteiger partial charge in [-0.05, 0) is 80.2 Å². The number of carbonyl (C=O) groups is 1. The third kappa shape index (κ3) is 3.29. The molecular weight excluding hydrogens is 326 g/mol. The second-order valence-electron chi connectivity index (χ2n) is 7.39. The van der Waals surface area contributed by atoms with E-state index in [0.29, 0.717) is 37.2 Å². The number of rotatable bonds is 5. The fourth-order valence-corrected chi connectivity index (χ4v) is 4.63. The number of fused-ring (bicyclic) bond motifs is 1. The number of hydrogen-bond acceptors (Lipinski definition) is 4. The molecule has 4 nitrogen and oxygen atoms in total. The van der Waals surface area contributed by atoms with Crippen molar-refractivity contribution in [1.29, 1.82) is 0 Å². The Kier molecular flexibility index (Phi) is 5.49. The number of allylic oxidation sites excluding steroid dienone is 2. The summed E-state index contributed by atoms with van der Waals surface area (Å²) in [5, 5.41) is 14.7. The molecule has 0 fully saturated rings. The van der Waals surface area contributed by atoms with Crippen molar-refractivity contribution in [3.8, 4) is 0 Å². The topological polar surface area (TPSA) is 58.9 Å². The smallest absolute Gasteiger partial charge is 0.168 e. The molecule has 2 aliphatic rings. The van der Waals surface area contributed by atoms with E-state index in [2.05, 4.69) is 25.1 Å². The van der Waals surface area contributed by atoms with Gasteiger partial charge in [-0.3, -0.25) is 4.79 Å². The van der Waals surface area contributed by atoms with E-state index in [1.807, 2.05) is 13.8 Å². The summed E-state index contributed by atoms with van der Waals surface area (Å²) in [4.78, 5) is 18.0. The number of carbonyl (C=O) groups excluding carboxylic acids is 1. The molecule has 0 radical (unpaired) electrons. The first-order valence-electron chi connectivity index (χ1n) is 9.74. The summed E-state index contributed by atoms with van der Waals surface area (Å²) in [5.74, 6) is 0.202. The molecule has 0 spiro atoms. The minimum absolute atomic E-state index is 0.0224. The highest BCUT2D eigenvalue weighted by Crippen LogP contribution is 2.41. The van der Waals surface area contributed by atoms with Crippen LogP contribution in [-0.4, -0.2) is 23.2 Å². The lowest BCUT2D eigenvalue weighted by Gasteiger charge is -2.28. The summed E-state index contributed by atoms with van der Waals surface area (Å²) in [6, 6.07) is 2.24. The monoisotopic (exact) mass is 355 g/mol. The Morgan fingerprint density at radius 3 is 2.58 bits per heavy atom. The number of aryl methyl sites for hydroxylation is 2. The maximum atomic E-state index is 12.9. The molecule has 0 saturated heterocycles. The van der Waals surface area contributed by atoms with E-state index in [1.165, 1.54) is 34.2 Å². The molecule has 0 bridgehead atoms. The summed E-state index contributed by atoms with van der Waals surface area (Å²) < 4.78 is 0. The van der Waals surface area contributed by atoms with Crippen LogP contribution in [0.2, 0.25) is 0 Å². The average Bonchev–Trinajstić information content (AvgIpc) is 3.07. The average molecular weight is 355 g/mol. The molecule has 1 aromatic carbocycles. The van der Waals surface area contributed by atoms with E-state index in [9.17, 15) is 9.90 Å². The number of oxime groups is 1. The first kappa shape index (κ1) is 18.7. The maximum Gasteiger partial charge on any atom is 0.168 e. The van der Waals surface area contributed by atoms with E-state index in [1.54, 1.807) is 0 Å². The Hall–Kier alpha value is -2.10. The number of hydrogen-bond donors (Lipinski definition) is 1. The minimum Gasteiger partial charge on any atom is -0.511 e. The van der Waals surface area contributed by atoms with Gasteiger partial charge in [0.15, 0.2) is 5.78 Å². The van der Waals surface area contributed by atoms with Crippen LogP contribution in [0, 0.1) is 13.8 Å². The van der Waals surface area contributed by atoms with Gasteiger partial charge in [-0.25, -0.2) is 0 Å². The molecular formula is C22H29NO3. The highest BCUT2D eigenvalue weighted by Gasteiger charge is 2.34. The van der Waals surface area contributed by atoms with Gasteiger partial charge in [0.25, 0.3) is 0 Å². The predicted octanol–water partition coefficient (Wildman–Crippen LogP) is 4.85. The molecule has 0 saturated carbocycles. The van der Waals surface area contributed by atoms with Crippen LogP contribution in [0.15, 0.2) is 22.6 Å². The second kappa shape index (κ2) is 7.65. The van der Waals surface area contributed by atoms with Crippen LogP contribution >= 0.6 is 0 Å². The van der Waals surface area contributed by atoms with Crippen LogP contribution < -0.4 is 0 Å². The molecule has 4 heteroatoms. The molecule has 3 rings (SSSR count). The number of benzene rings is 1. The number of aliphatic hydroxyl groups excluding tert-OH is 1. The molecule has 0 amide bonds. The lowest BCUT2D eigenvalue weighted by molar-refractivity contribution is -0.116. The Labute approximate surface area is 155 Å². The van der Waals surface area contributed by atoms with Crippen molar-refractivity contribution in [3.63, 3.8) is 0 Å². The van der Waals surface area contributed by atoms with Gasteiger partial charge in [-0.15, -0.1) is 0 Å². The van der Waals surface area contributed by atoms with Crippen LogP contribution in [0.4, 0.5) is 0 Å². The summed E-state index contributed by atoms with van der Waals surface area (Å²) in [6.07, 6.45) is 4.89. The fraction of sp³-hybridized carbons (Fsp3) is 0.545. The molecule has 0 aromatic heterocycles. The quantitative estimate of drug-likeness (QED) is 0.606. The lowest BCUT2D eigenvalue weighted by Crippen LogP contribution is -2.24. The van der Waals surface area contributed by atoms with Crippen molar-refractivity contribution in [2.24, 2.45) is 5.16 Å². The van der Waals surface area contributed by atoms with Crippen LogP contribution in [-0.2, 0) is 22.5 Å². The first-order valence-corrected chi connectivity index (χ1v) is 9.74. The van der Waals surface area contributed by atoms with E-state index in [-0.39, 0.29) is 17.5 Å². The molecule has 1 N–H and O–H groups in total. The zero-order chi connectivity index (χ0) is 18.8. The molecule has 140 valence electrons. The fourth-order valence-electron chi connectivity index (χ4n) is 4.63. The first-order chi connectivity index (χ1) is 12.5. The zero-order valence-electron chi connectivity index (χ0n) is 16.3. The van der Waals surface area contributed by atoms with E-state index in [0.717, 1.165) is 12.8 Å². The molecule has 0 heterocycles. The second-order valence-corrected chi connectivity index (χ2v) is 7.39. The number of Topliss-reactive ketones (excluding diaryl/α,β-unsaturated/α-hetero) is 1. The van der Waals surface area contributed by atoms with Gasteiger partial charge >= 0.3 is 0 Å². The van der Waals surface area contributed by atoms with Crippen molar-refractivity contribution in [3.05, 3.63) is 45.2 Å². The maximum absolute atomic E-state index is 12.9. The molecule has 1 unspecified atom stereocenters. The van der Waals surface area contributed by atoms with E-state index >= 15 is 0 Å². The van der Waals surface area contributed by atoms with Gasteiger partial charge in [-0.2, -0.15) is 0 Å². The summed E-state index contributed by atoms with van der Waals surface area (Å²) in [7, 11) is 0. The zero-order valence-corrected chi connectivity index (χ0v) is 16.3. The van der Waals surface area contributed by atoms with Gasteiger partial charge in [0.1, 0.15) is 12.4 Å². The summed E-state index contributed by atoms with van der Waals surface area (Å²) in [5.41, 5.74) is 7.71. The number of nitrogens with zero attached hydrogens (tertiary/aromatic N) is 1. The third-order valence-corrected chi connectivity index (χ3v) is 5.65.